The molecule has 0 aliphatic carbocycles. The molecular formula is C20H28Cl2N2O2. The fourth-order valence-corrected chi connectivity index (χ4v) is 3.13. The smallest absolute Gasteiger partial charge is 0.303 e. The predicted octanol–water partition coefficient (Wildman–Crippen LogP) is 5.54. The van der Waals surface area contributed by atoms with Crippen LogP contribution in [0.1, 0.15) is 62.5 Å². The first-order valence-electron chi connectivity index (χ1n) is 9.10. The Kier molecular flexibility index (Phi) is 10.4. The second kappa shape index (κ2) is 12.0. The number of carboxylic acids is 1. The lowest BCUT2D eigenvalue weighted by Crippen LogP contribution is -2.09. The summed E-state index contributed by atoms with van der Waals surface area (Å²) in [5.41, 5.74) is 2.31. The zero-order valence-electron chi connectivity index (χ0n) is 15.3. The Labute approximate surface area is 167 Å². The first-order chi connectivity index (χ1) is 12.1. The van der Waals surface area contributed by atoms with Gasteiger partial charge in [0, 0.05) is 29.8 Å². The molecule has 0 atom stereocenters. The maximum atomic E-state index is 10.6. The number of unbranched alkanes of at least 4 members (excludes halogenated alkanes) is 3. The molecule has 0 fully saturated rings. The third kappa shape index (κ3) is 7.00. The highest BCUT2D eigenvalue weighted by Crippen LogP contribution is 2.20. The van der Waals surface area contributed by atoms with Crippen LogP contribution in [0.5, 0.6) is 0 Å². The van der Waals surface area contributed by atoms with Crippen LogP contribution in [-0.2, 0) is 24.2 Å². The number of aryl methyl sites for hydroxylation is 2. The fraction of sp³-hybridized carbons (Fsp3) is 0.500. The number of imidazole rings is 1. The largest absolute Gasteiger partial charge is 0.481 e. The Hall–Kier alpha value is -1.52. The number of aliphatic carboxylic acids is 1. The van der Waals surface area contributed by atoms with Crippen molar-refractivity contribution in [2.45, 2.75) is 64.8 Å². The minimum absolute atomic E-state index is 0. The summed E-state index contributed by atoms with van der Waals surface area (Å²) in [6.45, 7) is 2.92. The highest BCUT2D eigenvalue weighted by atomic mass is 35.5. The lowest BCUT2D eigenvalue weighted by Gasteiger charge is -2.13. The Balaban J connectivity index is 0.00000338. The molecule has 0 amide bonds. The van der Waals surface area contributed by atoms with Crippen molar-refractivity contribution in [1.29, 1.82) is 0 Å². The molecule has 2 aromatic rings. The number of benzene rings is 1. The highest BCUT2D eigenvalue weighted by Gasteiger charge is 2.11. The van der Waals surface area contributed by atoms with Crippen molar-refractivity contribution in [3.63, 3.8) is 0 Å². The number of nitrogens with zero attached hydrogens (tertiary/aromatic N) is 2. The number of carboxylic acid groups (broad SMARTS) is 1. The van der Waals surface area contributed by atoms with Crippen molar-refractivity contribution < 1.29 is 9.90 Å². The molecule has 1 aromatic heterocycles. The number of hydrogen-bond acceptors (Lipinski definition) is 2. The molecular weight excluding hydrogens is 371 g/mol. The van der Waals surface area contributed by atoms with E-state index in [-0.39, 0.29) is 18.8 Å². The Morgan fingerprint density at radius 1 is 1.15 bits per heavy atom. The van der Waals surface area contributed by atoms with Gasteiger partial charge in [-0.1, -0.05) is 49.6 Å². The van der Waals surface area contributed by atoms with Crippen LogP contribution in [0.25, 0.3) is 0 Å². The first kappa shape index (κ1) is 22.5. The summed E-state index contributed by atoms with van der Waals surface area (Å²) in [5, 5.41) is 9.51. The quantitative estimate of drug-likeness (QED) is 0.505. The normalized spacial score (nSPS) is 10.5. The average molecular weight is 399 g/mol. The number of rotatable bonds is 11. The molecule has 4 nitrogen and oxygen atoms in total. The summed E-state index contributed by atoms with van der Waals surface area (Å²) in [6, 6.07) is 7.93. The van der Waals surface area contributed by atoms with Crippen LogP contribution in [0.3, 0.4) is 0 Å². The Morgan fingerprint density at radius 2 is 1.92 bits per heavy atom. The molecule has 1 aromatic carbocycles. The molecule has 26 heavy (non-hydrogen) atoms. The molecule has 0 saturated heterocycles. The van der Waals surface area contributed by atoms with Crippen LogP contribution in [0.15, 0.2) is 30.5 Å². The van der Waals surface area contributed by atoms with Crippen LogP contribution in [0.2, 0.25) is 5.02 Å². The van der Waals surface area contributed by atoms with Gasteiger partial charge in [0.05, 0.1) is 6.54 Å². The third-order valence-electron chi connectivity index (χ3n) is 4.38. The molecule has 0 aliphatic rings. The third-order valence-corrected chi connectivity index (χ3v) is 4.75. The van der Waals surface area contributed by atoms with E-state index in [1.54, 1.807) is 0 Å². The highest BCUT2D eigenvalue weighted by molar-refractivity contribution is 6.31. The Bertz CT molecular complexity index is 686. The number of carbonyl (C=O) groups is 1. The summed E-state index contributed by atoms with van der Waals surface area (Å²) < 4.78 is 2.29. The van der Waals surface area contributed by atoms with Gasteiger partial charge in [-0.2, -0.15) is 0 Å². The monoisotopic (exact) mass is 398 g/mol. The lowest BCUT2D eigenvalue weighted by atomic mass is 10.1. The Morgan fingerprint density at radius 3 is 2.62 bits per heavy atom. The van der Waals surface area contributed by atoms with Crippen molar-refractivity contribution in [2.24, 2.45) is 0 Å². The van der Waals surface area contributed by atoms with Crippen molar-refractivity contribution in [1.82, 2.24) is 9.55 Å². The first-order valence-corrected chi connectivity index (χ1v) is 9.48. The average Bonchev–Trinajstić information content (AvgIpc) is 2.96. The molecule has 1 heterocycles. The zero-order chi connectivity index (χ0) is 18.1. The zero-order valence-corrected chi connectivity index (χ0v) is 16.9. The maximum absolute atomic E-state index is 10.6. The van der Waals surface area contributed by atoms with E-state index in [2.05, 4.69) is 22.5 Å². The number of aromatic nitrogens is 2. The molecule has 2 rings (SSSR count). The molecule has 0 aliphatic heterocycles. The minimum Gasteiger partial charge on any atom is -0.481 e. The van der Waals surface area contributed by atoms with Gasteiger partial charge in [0.2, 0.25) is 0 Å². The van der Waals surface area contributed by atoms with E-state index in [1.165, 1.54) is 5.69 Å². The van der Waals surface area contributed by atoms with E-state index < -0.39 is 5.97 Å². The molecule has 6 heteroatoms. The summed E-state index contributed by atoms with van der Waals surface area (Å²) in [7, 11) is 0. The van der Waals surface area contributed by atoms with Gasteiger partial charge < -0.3 is 9.67 Å². The number of halogens is 2. The van der Waals surface area contributed by atoms with Gasteiger partial charge in [0.15, 0.2) is 0 Å². The van der Waals surface area contributed by atoms with Crippen LogP contribution >= 0.6 is 24.0 Å². The molecule has 0 unspecified atom stereocenters. The van der Waals surface area contributed by atoms with Crippen molar-refractivity contribution in [3.8, 4) is 0 Å². The van der Waals surface area contributed by atoms with E-state index in [1.807, 2.05) is 24.4 Å². The van der Waals surface area contributed by atoms with E-state index >= 15 is 0 Å². The second-order valence-corrected chi connectivity index (χ2v) is 6.81. The van der Waals surface area contributed by atoms with Crippen LogP contribution < -0.4 is 0 Å². The molecule has 144 valence electrons. The van der Waals surface area contributed by atoms with E-state index in [0.29, 0.717) is 0 Å². The topological polar surface area (TPSA) is 55.1 Å². The van der Waals surface area contributed by atoms with Gasteiger partial charge in [-0.25, -0.2) is 4.98 Å². The molecule has 0 bridgehead atoms. The SMILES string of the molecule is CCCCc1ncc(CCCCCC(=O)O)n1Cc1ccccc1Cl.Cl. The van der Waals surface area contributed by atoms with Crippen molar-refractivity contribution in [2.75, 3.05) is 0 Å². The summed E-state index contributed by atoms with van der Waals surface area (Å²) in [4.78, 5) is 15.2. The van der Waals surface area contributed by atoms with Gasteiger partial charge in [-0.15, -0.1) is 12.4 Å². The van der Waals surface area contributed by atoms with Crippen LogP contribution in [0.4, 0.5) is 0 Å². The van der Waals surface area contributed by atoms with E-state index in [4.69, 9.17) is 16.7 Å². The summed E-state index contributed by atoms with van der Waals surface area (Å²) in [5.74, 6) is 0.396. The minimum atomic E-state index is -0.717. The lowest BCUT2D eigenvalue weighted by molar-refractivity contribution is -0.137. The number of hydrogen-bond donors (Lipinski definition) is 1. The maximum Gasteiger partial charge on any atom is 0.303 e. The van der Waals surface area contributed by atoms with E-state index in [9.17, 15) is 4.79 Å². The fourth-order valence-electron chi connectivity index (χ4n) is 2.94. The van der Waals surface area contributed by atoms with Gasteiger partial charge in [-0.05, 0) is 37.3 Å². The second-order valence-electron chi connectivity index (χ2n) is 6.40. The molecule has 0 spiro atoms. The van der Waals surface area contributed by atoms with Gasteiger partial charge in [0.1, 0.15) is 5.82 Å². The van der Waals surface area contributed by atoms with Crippen molar-refractivity contribution in [3.05, 3.63) is 52.6 Å². The summed E-state index contributed by atoms with van der Waals surface area (Å²) >= 11 is 6.34. The van der Waals surface area contributed by atoms with E-state index in [0.717, 1.165) is 67.9 Å². The van der Waals surface area contributed by atoms with Crippen LogP contribution in [0, 0.1) is 0 Å². The summed E-state index contributed by atoms with van der Waals surface area (Å²) in [6.07, 6.45) is 9.02. The van der Waals surface area contributed by atoms with Gasteiger partial charge >= 0.3 is 5.97 Å². The molecule has 0 radical (unpaired) electrons. The standard InChI is InChI=1S/C20H27ClN2O2.ClH/c1-2-3-12-19-22-14-17(10-5-4-6-13-20(24)25)23(19)15-16-9-7-8-11-18(16)21;/h7-9,11,14H,2-6,10,12-13,15H2,1H3,(H,24,25);1H. The van der Waals surface area contributed by atoms with Gasteiger partial charge in [-0.3, -0.25) is 4.79 Å². The van der Waals surface area contributed by atoms with Crippen molar-refractivity contribution >= 4 is 30.0 Å². The predicted molar refractivity (Wildman–Crippen MR) is 108 cm³/mol. The molecule has 0 saturated carbocycles. The van der Waals surface area contributed by atoms with Gasteiger partial charge in [0.25, 0.3) is 0 Å². The molecule has 1 N–H and O–H groups in total. The van der Waals surface area contributed by atoms with Crippen LogP contribution in [-0.4, -0.2) is 20.6 Å².